The predicted molar refractivity (Wildman–Crippen MR) is 172 cm³/mol. The summed E-state index contributed by atoms with van der Waals surface area (Å²) in [6, 6.07) is -1.04. The topological polar surface area (TPSA) is 331 Å². The predicted octanol–water partition coefficient (Wildman–Crippen LogP) is -3.60. The molecule has 2 saturated heterocycles. The lowest BCUT2D eigenvalue weighted by Crippen LogP contribution is -2.64. The van der Waals surface area contributed by atoms with Crippen molar-refractivity contribution < 1.29 is 77.3 Å². The summed E-state index contributed by atoms with van der Waals surface area (Å²) in [6.07, 6.45) is -6.03. The maximum atomic E-state index is 12.2. The molecule has 4 rings (SSSR count). The van der Waals surface area contributed by atoms with Crippen molar-refractivity contribution in [2.45, 2.75) is 81.4 Å². The number of fused-ring (bicyclic) bond motifs is 1. The Morgan fingerprint density at radius 1 is 0.981 bits per heavy atom. The molecule has 2 amide bonds. The number of hydrogen-bond donors (Lipinski definition) is 9. The molecule has 0 bridgehead atoms. The molecular weight excluding hydrogens is 721 g/mol. The van der Waals surface area contributed by atoms with Crippen molar-refractivity contribution in [1.29, 1.82) is 0 Å². The number of carbonyl (C=O) groups excluding carboxylic acids is 2. The average molecular weight is 768 g/mol. The first kappa shape index (κ1) is 41.8. The van der Waals surface area contributed by atoms with Gasteiger partial charge in [-0.2, -0.15) is 0 Å². The quantitative estimate of drug-likeness (QED) is 0.0336. The standard InChI is InChI=1S/C28H46N7O16P/c1-15(37)34-19-23(41)21(39)16(10-36)51-28(19)47-6-3-2-4-18(38)30-5-7-45-8-9-46-14-48-24-22(40)17(11-49-52(42,43)44)50-27(24)35-13-33-20-25(29)31-12-32-26(20)35/h12-13,16-17,19,21-24,27-28,36,39-41H,2-11,14H2,1H3,(H,30,38)(H,34,37)(H2,29,31,32)(H2,42,43,44)/t16-,17-,19-,21+,22-,23-,24-,27-,28-/m1/s1. The smallest absolute Gasteiger partial charge is 0.394 e. The Kier molecular flexibility index (Phi) is 16.0. The van der Waals surface area contributed by atoms with Crippen LogP contribution >= 0.6 is 7.82 Å². The summed E-state index contributed by atoms with van der Waals surface area (Å²) in [7, 11) is -4.85. The first-order valence-corrected chi connectivity index (χ1v) is 17.8. The normalized spacial score (nSPS) is 27.9. The first-order valence-electron chi connectivity index (χ1n) is 16.3. The van der Waals surface area contributed by atoms with Crippen molar-refractivity contribution in [3.8, 4) is 0 Å². The number of amides is 2. The lowest BCUT2D eigenvalue weighted by atomic mass is 9.97. The van der Waals surface area contributed by atoms with Crippen LogP contribution in [0.4, 0.5) is 5.82 Å². The number of phosphoric ester groups is 1. The number of rotatable bonds is 21. The summed E-state index contributed by atoms with van der Waals surface area (Å²) >= 11 is 0. The van der Waals surface area contributed by atoms with Crippen LogP contribution in [-0.4, -0.2) is 163 Å². The largest absolute Gasteiger partial charge is 0.469 e. The molecule has 294 valence electrons. The minimum Gasteiger partial charge on any atom is -0.394 e. The van der Waals surface area contributed by atoms with E-state index in [1.165, 1.54) is 24.1 Å². The fourth-order valence-corrected chi connectivity index (χ4v) is 5.78. The van der Waals surface area contributed by atoms with Crippen LogP contribution in [0.5, 0.6) is 0 Å². The lowest BCUT2D eigenvalue weighted by Gasteiger charge is -2.42. The maximum Gasteiger partial charge on any atom is 0.469 e. The van der Waals surface area contributed by atoms with E-state index in [9.17, 15) is 34.6 Å². The Morgan fingerprint density at radius 2 is 1.75 bits per heavy atom. The number of carbonyl (C=O) groups is 2. The third-order valence-electron chi connectivity index (χ3n) is 8.00. The zero-order valence-electron chi connectivity index (χ0n) is 28.2. The van der Waals surface area contributed by atoms with Crippen LogP contribution in [0.25, 0.3) is 11.2 Å². The van der Waals surface area contributed by atoms with Gasteiger partial charge in [0.15, 0.2) is 24.0 Å². The number of hydrogen-bond acceptors (Lipinski definition) is 18. The number of phosphoric acid groups is 1. The van der Waals surface area contributed by atoms with E-state index in [0.717, 1.165) is 0 Å². The van der Waals surface area contributed by atoms with Crippen LogP contribution in [0.1, 0.15) is 32.4 Å². The number of nitrogens with two attached hydrogens (primary N) is 1. The van der Waals surface area contributed by atoms with Crippen molar-refractivity contribution in [2.24, 2.45) is 0 Å². The summed E-state index contributed by atoms with van der Waals surface area (Å²) in [5.41, 5.74) is 6.41. The molecule has 0 radical (unpaired) electrons. The van der Waals surface area contributed by atoms with Crippen molar-refractivity contribution in [1.82, 2.24) is 30.2 Å². The monoisotopic (exact) mass is 767 g/mol. The van der Waals surface area contributed by atoms with Crippen LogP contribution in [0.2, 0.25) is 0 Å². The zero-order valence-corrected chi connectivity index (χ0v) is 29.1. The number of unbranched alkanes of at least 4 members (excludes halogenated alkanes) is 1. The minimum atomic E-state index is -4.85. The van der Waals surface area contributed by atoms with Gasteiger partial charge in [-0.25, -0.2) is 19.5 Å². The summed E-state index contributed by atoms with van der Waals surface area (Å²) < 4.78 is 50.8. The molecule has 4 heterocycles. The summed E-state index contributed by atoms with van der Waals surface area (Å²) in [5, 5.41) is 45.8. The molecule has 2 aliphatic heterocycles. The van der Waals surface area contributed by atoms with Crippen LogP contribution in [0, 0.1) is 0 Å². The number of ether oxygens (including phenoxy) is 6. The van der Waals surface area contributed by atoms with Crippen LogP contribution in [0.3, 0.4) is 0 Å². The molecule has 2 aliphatic rings. The maximum absolute atomic E-state index is 12.2. The van der Waals surface area contributed by atoms with E-state index in [1.807, 2.05) is 0 Å². The SMILES string of the molecule is CC(=O)N[C@H]1[C@H](OCCCCC(=O)NCCOCCOCO[C@@H]2[C@H](O)[C@@H](COP(=O)(O)O)O[C@H]2n2cnc3c(N)ncnc32)O[C@H](CO)[C@H](O)[C@@H]1O. The molecular formula is C28H46N7O16P. The number of nitrogens with zero attached hydrogens (tertiary/aromatic N) is 4. The highest BCUT2D eigenvalue weighted by atomic mass is 31.2. The Hall–Kier alpha value is -3.00. The van der Waals surface area contributed by atoms with E-state index in [-0.39, 0.29) is 69.1 Å². The number of nitrogens with one attached hydrogen (secondary N) is 2. The Labute approximate surface area is 296 Å². The van der Waals surface area contributed by atoms with Gasteiger partial charge in [0.25, 0.3) is 0 Å². The van der Waals surface area contributed by atoms with Crippen molar-refractivity contribution in [3.05, 3.63) is 12.7 Å². The fourth-order valence-electron chi connectivity index (χ4n) is 5.44. The zero-order chi connectivity index (χ0) is 37.8. The molecule has 0 spiro atoms. The molecule has 24 heteroatoms. The number of imidazole rings is 1. The average Bonchev–Trinajstić information content (AvgIpc) is 3.66. The van der Waals surface area contributed by atoms with Gasteiger partial charge in [-0.15, -0.1) is 0 Å². The Bertz CT molecular complexity index is 1480. The number of aliphatic hydroxyl groups is 4. The Balaban J connectivity index is 1.09. The number of anilines is 1. The van der Waals surface area contributed by atoms with E-state index in [2.05, 4.69) is 30.1 Å². The van der Waals surface area contributed by atoms with Gasteiger partial charge in [-0.05, 0) is 12.8 Å². The van der Waals surface area contributed by atoms with Gasteiger partial charge >= 0.3 is 7.82 Å². The first-order chi connectivity index (χ1) is 24.8. The highest BCUT2D eigenvalue weighted by Crippen LogP contribution is 2.39. The van der Waals surface area contributed by atoms with Gasteiger partial charge < -0.3 is 75.0 Å². The van der Waals surface area contributed by atoms with E-state index in [0.29, 0.717) is 12.8 Å². The fraction of sp³-hybridized carbons (Fsp3) is 0.750. The van der Waals surface area contributed by atoms with Crippen molar-refractivity contribution >= 4 is 36.6 Å². The van der Waals surface area contributed by atoms with Crippen LogP contribution < -0.4 is 16.4 Å². The Morgan fingerprint density at radius 3 is 2.48 bits per heavy atom. The molecule has 52 heavy (non-hydrogen) atoms. The highest BCUT2D eigenvalue weighted by Gasteiger charge is 2.47. The molecule has 0 unspecified atom stereocenters. The second-order valence-corrected chi connectivity index (χ2v) is 13.0. The molecule has 0 saturated carbocycles. The molecule has 2 aromatic rings. The van der Waals surface area contributed by atoms with E-state index in [1.54, 1.807) is 0 Å². The van der Waals surface area contributed by atoms with Gasteiger partial charge in [0, 0.05) is 26.5 Å². The van der Waals surface area contributed by atoms with Crippen molar-refractivity contribution in [3.63, 3.8) is 0 Å². The molecule has 10 N–H and O–H groups in total. The molecule has 0 aliphatic carbocycles. The van der Waals surface area contributed by atoms with Gasteiger partial charge in [0.2, 0.25) is 11.8 Å². The summed E-state index contributed by atoms with van der Waals surface area (Å²) in [5.74, 6) is -0.564. The highest BCUT2D eigenvalue weighted by molar-refractivity contribution is 7.46. The summed E-state index contributed by atoms with van der Waals surface area (Å²) in [6.45, 7) is 0.546. The lowest BCUT2D eigenvalue weighted by molar-refractivity contribution is -0.270. The molecule has 0 aromatic carbocycles. The van der Waals surface area contributed by atoms with Gasteiger partial charge in [-0.3, -0.25) is 18.7 Å². The van der Waals surface area contributed by atoms with Gasteiger partial charge in [0.1, 0.15) is 61.3 Å². The number of nitrogen functional groups attached to an aromatic ring is 1. The van der Waals surface area contributed by atoms with Crippen LogP contribution in [0.15, 0.2) is 12.7 Å². The number of aliphatic hydroxyl groups excluding tert-OH is 4. The molecule has 23 nitrogen and oxygen atoms in total. The second-order valence-electron chi connectivity index (χ2n) is 11.8. The number of aromatic nitrogens is 4. The molecule has 2 aromatic heterocycles. The van der Waals surface area contributed by atoms with Gasteiger partial charge in [-0.1, -0.05) is 0 Å². The molecule has 9 atom stereocenters. The van der Waals surface area contributed by atoms with Crippen LogP contribution in [-0.2, 0) is 47.1 Å². The van der Waals surface area contributed by atoms with E-state index < -0.39 is 82.1 Å². The third kappa shape index (κ3) is 11.8. The van der Waals surface area contributed by atoms with Gasteiger partial charge in [0.05, 0.1) is 39.4 Å². The summed E-state index contributed by atoms with van der Waals surface area (Å²) in [4.78, 5) is 54.1. The van der Waals surface area contributed by atoms with E-state index >= 15 is 0 Å². The van der Waals surface area contributed by atoms with E-state index in [4.69, 9.17) is 43.9 Å². The molecule has 2 fully saturated rings. The second kappa shape index (κ2) is 19.9. The third-order valence-corrected chi connectivity index (χ3v) is 8.48. The van der Waals surface area contributed by atoms with Crippen molar-refractivity contribution in [2.75, 3.05) is 58.7 Å². The minimum absolute atomic E-state index is 0.0906.